The fourth-order valence-corrected chi connectivity index (χ4v) is 1.28. The highest BCUT2D eigenvalue weighted by molar-refractivity contribution is 14.1. The maximum Gasteiger partial charge on any atom is 0.128 e. The quantitative estimate of drug-likeness (QED) is 0.721. The molecular weight excluding hydrogens is 253 g/mol. The number of hydrogen-bond acceptors (Lipinski definition) is 2. The number of hydrogen-bond donors (Lipinski definition) is 0. The molecule has 0 spiro atoms. The van der Waals surface area contributed by atoms with Gasteiger partial charge in [0, 0.05) is 0 Å². The van der Waals surface area contributed by atoms with Crippen LogP contribution >= 0.6 is 22.6 Å². The molecule has 58 valence electrons. The van der Waals surface area contributed by atoms with E-state index >= 15 is 0 Å². The van der Waals surface area contributed by atoms with Gasteiger partial charge in [0.2, 0.25) is 0 Å². The summed E-state index contributed by atoms with van der Waals surface area (Å²) in [5.74, 6) is 0. The van der Waals surface area contributed by atoms with Crippen molar-refractivity contribution in [3.05, 3.63) is 15.0 Å². The van der Waals surface area contributed by atoms with Crippen molar-refractivity contribution in [3.63, 3.8) is 0 Å². The second kappa shape index (κ2) is 3.22. The zero-order valence-corrected chi connectivity index (χ0v) is 8.58. The summed E-state index contributed by atoms with van der Waals surface area (Å²) in [6, 6.07) is 2.06. The number of halogens is 1. The SMILES string of the molecule is Cc1nn(CC#N)c(C)c1I. The molecule has 1 aromatic rings. The Morgan fingerprint density at radius 2 is 2.27 bits per heavy atom. The first-order valence-electron chi connectivity index (χ1n) is 3.23. The first-order valence-corrected chi connectivity index (χ1v) is 4.31. The van der Waals surface area contributed by atoms with Crippen molar-refractivity contribution in [2.75, 3.05) is 0 Å². The zero-order valence-electron chi connectivity index (χ0n) is 6.43. The molecule has 0 saturated heterocycles. The van der Waals surface area contributed by atoms with Gasteiger partial charge in [-0.3, -0.25) is 4.68 Å². The van der Waals surface area contributed by atoms with Crippen LogP contribution in [0.4, 0.5) is 0 Å². The molecule has 11 heavy (non-hydrogen) atoms. The fraction of sp³-hybridized carbons (Fsp3) is 0.429. The summed E-state index contributed by atoms with van der Waals surface area (Å²) in [4.78, 5) is 0. The maximum atomic E-state index is 8.43. The van der Waals surface area contributed by atoms with Crippen LogP contribution in [-0.4, -0.2) is 9.78 Å². The standard InChI is InChI=1S/C7H8IN3/c1-5-7(8)6(2)11(10-5)4-3-9/h4H2,1-2H3. The molecule has 1 aromatic heterocycles. The molecule has 0 bridgehead atoms. The topological polar surface area (TPSA) is 41.6 Å². The van der Waals surface area contributed by atoms with Crippen molar-refractivity contribution in [2.45, 2.75) is 20.4 Å². The zero-order chi connectivity index (χ0) is 8.43. The molecule has 1 heterocycles. The molecule has 4 heteroatoms. The van der Waals surface area contributed by atoms with E-state index in [0.29, 0.717) is 6.54 Å². The predicted molar refractivity (Wildman–Crippen MR) is 50.0 cm³/mol. The van der Waals surface area contributed by atoms with Crippen LogP contribution in [0.1, 0.15) is 11.4 Å². The Bertz CT molecular complexity index is 308. The van der Waals surface area contributed by atoms with Gasteiger partial charge in [0.25, 0.3) is 0 Å². The van der Waals surface area contributed by atoms with Gasteiger partial charge in [0.05, 0.1) is 21.0 Å². The van der Waals surface area contributed by atoms with Crippen LogP contribution in [0.15, 0.2) is 0 Å². The van der Waals surface area contributed by atoms with E-state index in [2.05, 4.69) is 33.8 Å². The molecule has 0 unspecified atom stereocenters. The Hall–Kier alpha value is -0.570. The lowest BCUT2D eigenvalue weighted by molar-refractivity contribution is 0.679. The Morgan fingerprint density at radius 3 is 2.64 bits per heavy atom. The van der Waals surface area contributed by atoms with Crippen LogP contribution in [0.2, 0.25) is 0 Å². The highest BCUT2D eigenvalue weighted by atomic mass is 127. The second-order valence-corrected chi connectivity index (χ2v) is 3.38. The molecular formula is C7H8IN3. The van der Waals surface area contributed by atoms with Gasteiger partial charge in [-0.05, 0) is 36.4 Å². The molecule has 0 N–H and O–H groups in total. The van der Waals surface area contributed by atoms with Gasteiger partial charge < -0.3 is 0 Å². The van der Waals surface area contributed by atoms with Gasteiger partial charge >= 0.3 is 0 Å². The first-order chi connectivity index (χ1) is 5.16. The van der Waals surface area contributed by atoms with Crippen LogP contribution in [-0.2, 0) is 6.54 Å². The van der Waals surface area contributed by atoms with Crippen molar-refractivity contribution in [2.24, 2.45) is 0 Å². The Kier molecular flexibility index (Phi) is 2.49. The summed E-state index contributed by atoms with van der Waals surface area (Å²) >= 11 is 2.24. The summed E-state index contributed by atoms with van der Waals surface area (Å²) < 4.78 is 2.87. The number of nitrogens with zero attached hydrogens (tertiary/aromatic N) is 3. The van der Waals surface area contributed by atoms with E-state index in [4.69, 9.17) is 5.26 Å². The van der Waals surface area contributed by atoms with Crippen LogP contribution in [0.3, 0.4) is 0 Å². The van der Waals surface area contributed by atoms with E-state index in [1.807, 2.05) is 13.8 Å². The Balaban J connectivity index is 3.10. The third-order valence-corrected chi connectivity index (χ3v) is 3.07. The van der Waals surface area contributed by atoms with E-state index in [0.717, 1.165) is 15.0 Å². The molecule has 0 aliphatic carbocycles. The third-order valence-electron chi connectivity index (χ3n) is 1.51. The van der Waals surface area contributed by atoms with Crippen LogP contribution in [0, 0.1) is 28.7 Å². The van der Waals surface area contributed by atoms with Crippen molar-refractivity contribution in [3.8, 4) is 6.07 Å². The molecule has 3 nitrogen and oxygen atoms in total. The van der Waals surface area contributed by atoms with Crippen molar-refractivity contribution in [1.29, 1.82) is 5.26 Å². The molecule has 0 aliphatic rings. The summed E-state index contributed by atoms with van der Waals surface area (Å²) in [5.41, 5.74) is 2.07. The molecule has 0 radical (unpaired) electrons. The van der Waals surface area contributed by atoms with E-state index in [1.54, 1.807) is 4.68 Å². The van der Waals surface area contributed by atoms with E-state index in [-0.39, 0.29) is 0 Å². The van der Waals surface area contributed by atoms with E-state index in [1.165, 1.54) is 0 Å². The van der Waals surface area contributed by atoms with E-state index in [9.17, 15) is 0 Å². The predicted octanol–water partition coefficient (Wildman–Crippen LogP) is 1.63. The van der Waals surface area contributed by atoms with E-state index < -0.39 is 0 Å². The molecule has 1 rings (SSSR count). The normalized spacial score (nSPS) is 9.64. The summed E-state index contributed by atoms with van der Waals surface area (Å²) in [6.45, 7) is 4.26. The van der Waals surface area contributed by atoms with Gasteiger partial charge in [0.15, 0.2) is 0 Å². The summed E-state index contributed by atoms with van der Waals surface area (Å²) in [7, 11) is 0. The second-order valence-electron chi connectivity index (χ2n) is 2.30. The van der Waals surface area contributed by atoms with Crippen LogP contribution in [0.25, 0.3) is 0 Å². The minimum Gasteiger partial charge on any atom is -0.254 e. The summed E-state index contributed by atoms with van der Waals surface area (Å²) in [6.07, 6.45) is 0. The molecule has 0 atom stereocenters. The molecule has 0 aliphatic heterocycles. The number of nitriles is 1. The molecule has 0 fully saturated rings. The smallest absolute Gasteiger partial charge is 0.128 e. The lowest BCUT2D eigenvalue weighted by Crippen LogP contribution is -2.00. The van der Waals surface area contributed by atoms with Gasteiger partial charge in [-0.1, -0.05) is 0 Å². The van der Waals surface area contributed by atoms with Crippen molar-refractivity contribution >= 4 is 22.6 Å². The van der Waals surface area contributed by atoms with Crippen LogP contribution in [0.5, 0.6) is 0 Å². The Labute approximate surface area is 79.2 Å². The van der Waals surface area contributed by atoms with Gasteiger partial charge in [-0.25, -0.2) is 0 Å². The highest BCUT2D eigenvalue weighted by Gasteiger charge is 2.06. The lowest BCUT2D eigenvalue weighted by Gasteiger charge is -1.94. The lowest BCUT2D eigenvalue weighted by atomic mass is 10.4. The molecule has 0 amide bonds. The van der Waals surface area contributed by atoms with Crippen molar-refractivity contribution < 1.29 is 0 Å². The minimum absolute atomic E-state index is 0.343. The fourth-order valence-electron chi connectivity index (χ4n) is 0.896. The monoisotopic (exact) mass is 261 g/mol. The number of rotatable bonds is 1. The molecule has 0 saturated carbocycles. The van der Waals surface area contributed by atoms with Crippen LogP contribution < -0.4 is 0 Å². The number of aryl methyl sites for hydroxylation is 1. The minimum atomic E-state index is 0.343. The highest BCUT2D eigenvalue weighted by Crippen LogP contribution is 2.14. The largest absolute Gasteiger partial charge is 0.254 e. The average molecular weight is 261 g/mol. The van der Waals surface area contributed by atoms with Gasteiger partial charge in [-0.15, -0.1) is 0 Å². The maximum absolute atomic E-state index is 8.43. The molecule has 0 aromatic carbocycles. The summed E-state index contributed by atoms with van der Waals surface area (Å²) in [5, 5.41) is 12.6. The Morgan fingerprint density at radius 1 is 1.64 bits per heavy atom. The van der Waals surface area contributed by atoms with Gasteiger partial charge in [0.1, 0.15) is 6.54 Å². The first kappa shape index (κ1) is 8.53. The third kappa shape index (κ3) is 1.53. The van der Waals surface area contributed by atoms with Gasteiger partial charge in [-0.2, -0.15) is 10.4 Å². The van der Waals surface area contributed by atoms with Crippen molar-refractivity contribution in [1.82, 2.24) is 9.78 Å². The average Bonchev–Trinajstić information content (AvgIpc) is 2.19. The number of aromatic nitrogens is 2.